The normalized spacial score (nSPS) is 34.7. The van der Waals surface area contributed by atoms with Crippen LogP contribution in [0.1, 0.15) is 67.3 Å². The van der Waals surface area contributed by atoms with Crippen LogP contribution in [0.15, 0.2) is 18.2 Å². The second-order valence-corrected chi connectivity index (χ2v) is 10.4. The molecule has 32 heavy (non-hydrogen) atoms. The minimum atomic E-state index is -0.578. The fraction of sp³-hybridized carbons (Fsp3) is 0.640. The Kier molecular flexibility index (Phi) is 4.97. The van der Waals surface area contributed by atoms with Gasteiger partial charge in [0.05, 0.1) is 0 Å². The van der Waals surface area contributed by atoms with Crippen molar-refractivity contribution >= 4 is 17.7 Å². The van der Waals surface area contributed by atoms with Gasteiger partial charge in [0.25, 0.3) is 5.91 Å². The van der Waals surface area contributed by atoms with Crippen molar-refractivity contribution in [2.24, 2.45) is 11.8 Å². The Morgan fingerprint density at radius 3 is 2.56 bits per heavy atom. The zero-order valence-electron chi connectivity index (χ0n) is 18.4. The SMILES string of the molecule is O=C1CCC(N2Cc3cc(O[C@@H]4CCC[C@@H]4N4CC5CCC(C5)C4)ccc3C2=O)C(=O)N1. The maximum atomic E-state index is 12.9. The van der Waals surface area contributed by atoms with Gasteiger partial charge in [-0.25, -0.2) is 0 Å². The average Bonchev–Trinajstić information content (AvgIpc) is 3.46. The monoisotopic (exact) mass is 437 g/mol. The van der Waals surface area contributed by atoms with Crippen LogP contribution >= 0.6 is 0 Å². The molecule has 2 saturated heterocycles. The van der Waals surface area contributed by atoms with E-state index >= 15 is 0 Å². The van der Waals surface area contributed by atoms with Crippen LogP contribution in [0.5, 0.6) is 5.75 Å². The van der Waals surface area contributed by atoms with Crippen molar-refractivity contribution in [3.05, 3.63) is 29.3 Å². The topological polar surface area (TPSA) is 79.0 Å². The van der Waals surface area contributed by atoms with Crippen molar-refractivity contribution < 1.29 is 19.1 Å². The highest BCUT2D eigenvalue weighted by Gasteiger charge is 2.42. The van der Waals surface area contributed by atoms with Crippen LogP contribution in [0.25, 0.3) is 0 Å². The summed E-state index contributed by atoms with van der Waals surface area (Å²) < 4.78 is 6.51. The van der Waals surface area contributed by atoms with Crippen LogP contribution in [0.4, 0.5) is 0 Å². The van der Waals surface area contributed by atoms with E-state index in [0.29, 0.717) is 24.6 Å². The van der Waals surface area contributed by atoms with E-state index in [2.05, 4.69) is 10.2 Å². The Balaban J connectivity index is 1.15. The molecule has 3 aliphatic heterocycles. The van der Waals surface area contributed by atoms with E-state index in [0.717, 1.165) is 29.6 Å². The quantitative estimate of drug-likeness (QED) is 0.733. The van der Waals surface area contributed by atoms with E-state index in [1.807, 2.05) is 18.2 Å². The first-order valence-electron chi connectivity index (χ1n) is 12.2. The number of imide groups is 1. The van der Waals surface area contributed by atoms with E-state index < -0.39 is 6.04 Å². The molecule has 3 amide bonds. The number of hydrogen-bond donors (Lipinski definition) is 1. The van der Waals surface area contributed by atoms with Gasteiger partial charge < -0.3 is 9.64 Å². The second kappa shape index (κ2) is 7.87. The second-order valence-electron chi connectivity index (χ2n) is 10.4. The largest absolute Gasteiger partial charge is 0.489 e. The molecule has 3 unspecified atom stereocenters. The molecule has 1 aromatic rings. The number of benzene rings is 1. The summed E-state index contributed by atoms with van der Waals surface area (Å²) in [5, 5.41) is 2.36. The van der Waals surface area contributed by atoms with Crippen molar-refractivity contribution in [3.8, 4) is 5.75 Å². The van der Waals surface area contributed by atoms with Gasteiger partial charge >= 0.3 is 0 Å². The molecule has 7 heteroatoms. The Hall–Kier alpha value is -2.41. The molecular weight excluding hydrogens is 406 g/mol. The average molecular weight is 438 g/mol. The van der Waals surface area contributed by atoms with Crippen molar-refractivity contribution in [2.45, 2.75) is 76.1 Å². The fourth-order valence-corrected chi connectivity index (χ4v) is 6.78. The van der Waals surface area contributed by atoms with E-state index in [9.17, 15) is 14.4 Å². The van der Waals surface area contributed by atoms with Gasteiger partial charge in [0.2, 0.25) is 11.8 Å². The molecule has 1 N–H and O–H groups in total. The molecule has 2 bridgehead atoms. The van der Waals surface area contributed by atoms with Crippen LogP contribution in [-0.4, -0.2) is 58.8 Å². The molecule has 0 spiro atoms. The number of rotatable bonds is 4. The number of fused-ring (bicyclic) bond motifs is 3. The Morgan fingerprint density at radius 2 is 1.78 bits per heavy atom. The molecule has 2 saturated carbocycles. The first kappa shape index (κ1) is 20.2. The zero-order chi connectivity index (χ0) is 21.8. The maximum Gasteiger partial charge on any atom is 0.255 e. The van der Waals surface area contributed by atoms with E-state index in [4.69, 9.17) is 4.74 Å². The molecule has 0 radical (unpaired) electrons. The van der Waals surface area contributed by atoms with Crippen LogP contribution in [-0.2, 0) is 16.1 Å². The Morgan fingerprint density at radius 1 is 0.969 bits per heavy atom. The summed E-state index contributed by atoms with van der Waals surface area (Å²) in [6, 6.07) is 5.64. The molecular formula is C25H31N3O4. The number of carbonyl (C=O) groups is 3. The highest BCUT2D eigenvalue weighted by atomic mass is 16.5. The predicted molar refractivity (Wildman–Crippen MR) is 117 cm³/mol. The number of hydrogen-bond acceptors (Lipinski definition) is 5. The third-order valence-electron chi connectivity index (χ3n) is 8.30. The molecule has 170 valence electrons. The fourth-order valence-electron chi connectivity index (χ4n) is 6.78. The minimum absolute atomic E-state index is 0.136. The smallest absolute Gasteiger partial charge is 0.255 e. The maximum absolute atomic E-state index is 12.9. The predicted octanol–water partition coefficient (Wildman–Crippen LogP) is 2.48. The lowest BCUT2D eigenvalue weighted by molar-refractivity contribution is -0.136. The molecule has 5 aliphatic rings. The number of nitrogens with zero attached hydrogens (tertiary/aromatic N) is 2. The summed E-state index contributed by atoms with van der Waals surface area (Å²) in [6.45, 7) is 2.84. The van der Waals surface area contributed by atoms with Gasteiger partial charge in [-0.05, 0) is 80.5 Å². The minimum Gasteiger partial charge on any atom is -0.489 e. The number of nitrogens with one attached hydrogen (secondary N) is 1. The molecule has 3 heterocycles. The molecule has 1 aromatic carbocycles. The number of likely N-dealkylation sites (tertiary alicyclic amines) is 1. The molecule has 5 atom stereocenters. The molecule has 6 rings (SSSR count). The van der Waals surface area contributed by atoms with Gasteiger partial charge in [-0.3, -0.25) is 24.6 Å². The lowest BCUT2D eigenvalue weighted by Crippen LogP contribution is -2.52. The first-order chi connectivity index (χ1) is 15.5. The van der Waals surface area contributed by atoms with Crippen molar-refractivity contribution in [1.29, 1.82) is 0 Å². The Labute approximate surface area is 188 Å². The van der Waals surface area contributed by atoms with E-state index in [1.54, 1.807) is 4.90 Å². The Bertz CT molecular complexity index is 951. The van der Waals surface area contributed by atoms with Gasteiger partial charge in [-0.2, -0.15) is 0 Å². The third-order valence-corrected chi connectivity index (χ3v) is 8.30. The van der Waals surface area contributed by atoms with Crippen LogP contribution < -0.4 is 10.1 Å². The summed E-state index contributed by atoms with van der Waals surface area (Å²) in [6.07, 6.45) is 8.54. The zero-order valence-corrected chi connectivity index (χ0v) is 18.4. The summed E-state index contributed by atoms with van der Waals surface area (Å²) >= 11 is 0. The molecule has 4 fully saturated rings. The highest BCUT2D eigenvalue weighted by Crippen LogP contribution is 2.40. The number of ether oxygens (including phenoxy) is 1. The van der Waals surface area contributed by atoms with Crippen molar-refractivity contribution in [2.75, 3.05) is 13.1 Å². The molecule has 0 aromatic heterocycles. The number of amides is 3. The lowest BCUT2D eigenvalue weighted by Gasteiger charge is -2.38. The molecule has 7 nitrogen and oxygen atoms in total. The van der Waals surface area contributed by atoms with Gasteiger partial charge in [-0.15, -0.1) is 0 Å². The van der Waals surface area contributed by atoms with Crippen molar-refractivity contribution in [1.82, 2.24) is 15.1 Å². The van der Waals surface area contributed by atoms with Crippen LogP contribution in [0.3, 0.4) is 0 Å². The summed E-state index contributed by atoms with van der Waals surface area (Å²) in [5.41, 5.74) is 1.54. The van der Waals surface area contributed by atoms with Crippen LogP contribution in [0, 0.1) is 11.8 Å². The van der Waals surface area contributed by atoms with Gasteiger partial charge in [0.15, 0.2) is 0 Å². The standard InChI is InChI=1S/C25H31N3O4/c29-23-9-8-21(24(30)26-23)28-14-17-11-18(6-7-19(17)25(28)31)32-22-3-1-2-20(22)27-12-15-4-5-16(10-15)13-27/h6-7,11,15-16,20-22H,1-5,8-10,12-14H2,(H,26,29,30)/t15?,16?,20-,21?,22+/m0/s1. The van der Waals surface area contributed by atoms with Crippen LogP contribution in [0.2, 0.25) is 0 Å². The van der Waals surface area contributed by atoms with E-state index in [-0.39, 0.29) is 30.2 Å². The summed E-state index contributed by atoms with van der Waals surface area (Å²) in [5.74, 6) is 1.79. The van der Waals surface area contributed by atoms with Gasteiger partial charge in [-0.1, -0.05) is 0 Å². The number of piperidine rings is 2. The lowest BCUT2D eigenvalue weighted by atomic mass is 9.96. The number of carbonyl (C=O) groups excluding carboxylic acids is 3. The van der Waals surface area contributed by atoms with Gasteiger partial charge in [0.1, 0.15) is 17.9 Å². The highest BCUT2D eigenvalue weighted by molar-refractivity contribution is 6.05. The molecule has 2 aliphatic carbocycles. The van der Waals surface area contributed by atoms with Crippen molar-refractivity contribution in [3.63, 3.8) is 0 Å². The summed E-state index contributed by atoms with van der Waals surface area (Å²) in [7, 11) is 0. The first-order valence-corrected chi connectivity index (χ1v) is 12.2. The van der Waals surface area contributed by atoms with E-state index in [1.165, 1.54) is 45.2 Å². The van der Waals surface area contributed by atoms with Gasteiger partial charge in [0, 0.05) is 37.7 Å². The summed E-state index contributed by atoms with van der Waals surface area (Å²) in [4.78, 5) is 40.9. The third kappa shape index (κ3) is 3.51.